The second-order valence-electron chi connectivity index (χ2n) is 5.65. The van der Waals surface area contributed by atoms with Crippen LogP contribution in [-0.4, -0.2) is 26.5 Å². The van der Waals surface area contributed by atoms with E-state index in [0.29, 0.717) is 24.7 Å². The normalized spacial score (nSPS) is 10.5. The van der Waals surface area contributed by atoms with Crippen LogP contribution in [0.4, 0.5) is 4.79 Å². The minimum Gasteiger partial charge on any atom is -0.493 e. The molecule has 0 N–H and O–H groups in total. The molecule has 0 saturated carbocycles. The van der Waals surface area contributed by atoms with E-state index in [4.69, 9.17) is 14.2 Å². The summed E-state index contributed by atoms with van der Waals surface area (Å²) in [6.45, 7) is 5.16. The molecule has 25 heavy (non-hydrogen) atoms. The molecule has 0 aliphatic heterocycles. The molecule has 2 aromatic rings. The van der Waals surface area contributed by atoms with Crippen LogP contribution in [0, 0.1) is 0 Å². The summed E-state index contributed by atoms with van der Waals surface area (Å²) in [5.41, 5.74) is 0. The number of rotatable bonds is 9. The smallest absolute Gasteiger partial charge is 0.493 e. The fraction of sp³-hybridized carbons (Fsp3) is 0.450. The van der Waals surface area contributed by atoms with Gasteiger partial charge in [0.2, 0.25) is 0 Å². The van der Waals surface area contributed by atoms with Crippen molar-refractivity contribution in [3.63, 3.8) is 0 Å². The third-order valence-corrected chi connectivity index (χ3v) is 3.83. The Balaban J connectivity index is 2.35. The van der Waals surface area contributed by atoms with E-state index < -0.39 is 6.16 Å². The lowest BCUT2D eigenvalue weighted by Crippen LogP contribution is -2.09. The number of ether oxygens (including phenoxy) is 4. The molecule has 5 nitrogen and oxygen atoms in total. The summed E-state index contributed by atoms with van der Waals surface area (Å²) in [7, 11) is 1.28. The fourth-order valence-electron chi connectivity index (χ4n) is 2.61. The first kappa shape index (κ1) is 18.9. The zero-order valence-electron chi connectivity index (χ0n) is 15.2. The third-order valence-electron chi connectivity index (χ3n) is 3.83. The Kier molecular flexibility index (Phi) is 7.38. The first-order valence-corrected chi connectivity index (χ1v) is 8.78. The maximum Gasteiger partial charge on any atom is 0.513 e. The predicted octanol–water partition coefficient (Wildman–Crippen LogP) is 5.34. The van der Waals surface area contributed by atoms with E-state index in [1.165, 1.54) is 20.0 Å². The van der Waals surface area contributed by atoms with Crippen molar-refractivity contribution in [3.8, 4) is 17.2 Å². The summed E-state index contributed by atoms with van der Waals surface area (Å²) in [5.74, 6) is 1.55. The molecule has 0 aliphatic carbocycles. The van der Waals surface area contributed by atoms with Crippen LogP contribution in [0.1, 0.15) is 39.5 Å². The highest BCUT2D eigenvalue weighted by Crippen LogP contribution is 2.42. The molecule has 0 unspecified atom stereocenters. The first-order chi connectivity index (χ1) is 12.2. The maximum atomic E-state index is 11.6. The van der Waals surface area contributed by atoms with Gasteiger partial charge in [0.1, 0.15) is 5.75 Å². The van der Waals surface area contributed by atoms with Gasteiger partial charge in [0.05, 0.1) is 20.3 Å². The molecule has 0 bridgehead atoms. The van der Waals surface area contributed by atoms with Crippen LogP contribution in [0.15, 0.2) is 30.3 Å². The summed E-state index contributed by atoms with van der Waals surface area (Å²) in [6, 6.07) is 9.41. The highest BCUT2D eigenvalue weighted by Gasteiger charge is 2.18. The Morgan fingerprint density at radius 1 is 0.960 bits per heavy atom. The fourth-order valence-corrected chi connectivity index (χ4v) is 2.61. The zero-order valence-corrected chi connectivity index (χ0v) is 15.2. The molecule has 2 aromatic carbocycles. The average molecular weight is 346 g/mol. The van der Waals surface area contributed by atoms with Crippen molar-refractivity contribution in [2.75, 3.05) is 20.3 Å². The molecule has 0 atom stereocenters. The molecule has 0 heterocycles. The molecule has 2 rings (SSSR count). The van der Waals surface area contributed by atoms with Crippen LogP contribution in [0.25, 0.3) is 10.8 Å². The molecule has 0 aromatic heterocycles. The zero-order chi connectivity index (χ0) is 18.1. The van der Waals surface area contributed by atoms with Gasteiger partial charge < -0.3 is 18.9 Å². The second-order valence-corrected chi connectivity index (χ2v) is 5.65. The van der Waals surface area contributed by atoms with Gasteiger partial charge in [0.15, 0.2) is 11.5 Å². The van der Waals surface area contributed by atoms with Gasteiger partial charge in [-0.15, -0.1) is 0 Å². The van der Waals surface area contributed by atoms with E-state index in [0.717, 1.165) is 29.4 Å². The van der Waals surface area contributed by atoms with Gasteiger partial charge in [-0.1, -0.05) is 50.5 Å². The Morgan fingerprint density at radius 2 is 1.72 bits per heavy atom. The Labute approximate surface area is 148 Å². The number of carbonyl (C=O) groups is 1. The predicted molar refractivity (Wildman–Crippen MR) is 97.8 cm³/mol. The van der Waals surface area contributed by atoms with E-state index in [9.17, 15) is 4.79 Å². The van der Waals surface area contributed by atoms with Gasteiger partial charge >= 0.3 is 6.16 Å². The summed E-state index contributed by atoms with van der Waals surface area (Å²) in [6.07, 6.45) is 3.78. The Morgan fingerprint density at radius 3 is 2.40 bits per heavy atom. The highest BCUT2D eigenvalue weighted by atomic mass is 16.7. The summed E-state index contributed by atoms with van der Waals surface area (Å²) in [5, 5.41) is 1.63. The van der Waals surface area contributed by atoms with Crippen molar-refractivity contribution >= 4 is 16.9 Å². The number of carbonyl (C=O) groups excluding carboxylic acids is 1. The molecule has 0 aliphatic rings. The molecule has 0 radical (unpaired) electrons. The quantitative estimate of drug-likeness (QED) is 0.348. The average Bonchev–Trinajstić information content (AvgIpc) is 2.64. The third kappa shape index (κ3) is 5.02. The second kappa shape index (κ2) is 9.77. The molecular weight excluding hydrogens is 320 g/mol. The van der Waals surface area contributed by atoms with Gasteiger partial charge in [0, 0.05) is 16.8 Å². The van der Waals surface area contributed by atoms with Crippen LogP contribution in [-0.2, 0) is 4.74 Å². The van der Waals surface area contributed by atoms with Crippen molar-refractivity contribution in [1.29, 1.82) is 0 Å². The Bertz CT molecular complexity index is 696. The van der Waals surface area contributed by atoms with E-state index in [2.05, 4.69) is 11.7 Å². The van der Waals surface area contributed by atoms with Gasteiger partial charge in [-0.3, -0.25) is 0 Å². The summed E-state index contributed by atoms with van der Waals surface area (Å²) in [4.78, 5) is 11.6. The molecule has 0 spiro atoms. The van der Waals surface area contributed by atoms with Crippen molar-refractivity contribution in [2.24, 2.45) is 0 Å². The summed E-state index contributed by atoms with van der Waals surface area (Å²) < 4.78 is 21.6. The van der Waals surface area contributed by atoms with Crippen molar-refractivity contribution in [1.82, 2.24) is 0 Å². The summed E-state index contributed by atoms with van der Waals surface area (Å²) >= 11 is 0. The minimum atomic E-state index is -0.778. The molecule has 0 amide bonds. The lowest BCUT2D eigenvalue weighted by molar-refractivity contribution is 0.120. The van der Waals surface area contributed by atoms with Gasteiger partial charge in [-0.2, -0.15) is 0 Å². The van der Waals surface area contributed by atoms with Crippen LogP contribution >= 0.6 is 0 Å². The molecule has 136 valence electrons. The van der Waals surface area contributed by atoms with E-state index in [1.807, 2.05) is 31.2 Å². The molecular formula is C20H26O5. The van der Waals surface area contributed by atoms with Gasteiger partial charge in [0.25, 0.3) is 0 Å². The molecule has 0 saturated heterocycles. The largest absolute Gasteiger partial charge is 0.513 e. The number of fused-ring (bicyclic) bond motifs is 1. The number of benzene rings is 2. The van der Waals surface area contributed by atoms with Crippen molar-refractivity contribution in [2.45, 2.75) is 39.5 Å². The molecule has 5 heteroatoms. The standard InChI is InChI=1S/C20H26O5/c1-4-6-7-10-13-24-17-14-18(23-5-2)19(25-20(21)22-3)16-12-9-8-11-15(16)17/h8-9,11-12,14H,4-7,10,13H2,1-3H3. The van der Waals surface area contributed by atoms with Gasteiger partial charge in [-0.05, 0) is 13.3 Å². The lowest BCUT2D eigenvalue weighted by Gasteiger charge is -2.16. The van der Waals surface area contributed by atoms with E-state index in [-0.39, 0.29) is 0 Å². The van der Waals surface area contributed by atoms with Crippen LogP contribution in [0.2, 0.25) is 0 Å². The molecule has 0 fully saturated rings. The number of unbranched alkanes of at least 4 members (excludes halogenated alkanes) is 3. The number of hydrogen-bond donors (Lipinski definition) is 0. The van der Waals surface area contributed by atoms with Crippen molar-refractivity contribution < 1.29 is 23.7 Å². The van der Waals surface area contributed by atoms with E-state index in [1.54, 1.807) is 6.07 Å². The van der Waals surface area contributed by atoms with Gasteiger partial charge in [-0.25, -0.2) is 4.79 Å². The van der Waals surface area contributed by atoms with Crippen molar-refractivity contribution in [3.05, 3.63) is 30.3 Å². The first-order valence-electron chi connectivity index (χ1n) is 8.78. The minimum absolute atomic E-state index is 0.350. The Hall–Kier alpha value is -2.43. The van der Waals surface area contributed by atoms with E-state index >= 15 is 0 Å². The number of methoxy groups -OCH3 is 1. The van der Waals surface area contributed by atoms with Crippen LogP contribution in [0.5, 0.6) is 17.2 Å². The highest BCUT2D eigenvalue weighted by molar-refractivity contribution is 5.96. The van der Waals surface area contributed by atoms with Crippen LogP contribution < -0.4 is 14.2 Å². The SMILES string of the molecule is CCCCCCOc1cc(OCC)c(OC(=O)OC)c2ccccc12. The topological polar surface area (TPSA) is 54.0 Å². The number of hydrogen-bond acceptors (Lipinski definition) is 5. The monoisotopic (exact) mass is 346 g/mol. The van der Waals surface area contributed by atoms with Crippen LogP contribution in [0.3, 0.4) is 0 Å². The lowest BCUT2D eigenvalue weighted by atomic mass is 10.1. The maximum absolute atomic E-state index is 11.6.